The molecular formula is C6H10N4O2. The van der Waals surface area contributed by atoms with Gasteiger partial charge in [0, 0.05) is 6.42 Å². The Kier molecular flexibility index (Phi) is 2.18. The van der Waals surface area contributed by atoms with Gasteiger partial charge in [-0.15, -0.1) is 0 Å². The van der Waals surface area contributed by atoms with Crippen LogP contribution in [-0.2, 0) is 0 Å². The van der Waals surface area contributed by atoms with Crippen molar-refractivity contribution in [1.82, 2.24) is 9.97 Å². The molecule has 5 N–H and O–H groups in total. The number of hydrogen-bond donors (Lipinski definition) is 4. The molecule has 0 radical (unpaired) electrons. The van der Waals surface area contributed by atoms with Gasteiger partial charge in [-0.05, 0) is 0 Å². The molecule has 12 heavy (non-hydrogen) atoms. The van der Waals surface area contributed by atoms with E-state index in [1.165, 1.54) is 0 Å². The van der Waals surface area contributed by atoms with Gasteiger partial charge in [0.2, 0.25) is 5.88 Å². The number of nitrogens with one attached hydrogen (secondary N) is 2. The summed E-state index contributed by atoms with van der Waals surface area (Å²) in [7, 11) is 0. The Bertz CT molecular complexity index is 349. The van der Waals surface area contributed by atoms with Crippen LogP contribution in [0.1, 0.15) is 13.3 Å². The molecular weight excluding hydrogens is 160 g/mol. The van der Waals surface area contributed by atoms with E-state index in [1.807, 2.05) is 6.92 Å². The van der Waals surface area contributed by atoms with E-state index >= 15 is 0 Å². The quantitative estimate of drug-likeness (QED) is 0.365. The number of amidine groups is 1. The molecule has 0 saturated carbocycles. The van der Waals surface area contributed by atoms with Gasteiger partial charge in [-0.2, -0.15) is 0 Å². The zero-order valence-corrected chi connectivity index (χ0v) is 6.59. The van der Waals surface area contributed by atoms with Gasteiger partial charge < -0.3 is 10.8 Å². The molecule has 0 aliphatic carbocycles. The van der Waals surface area contributed by atoms with Crippen LogP contribution in [0.2, 0.25) is 0 Å². The maximum Gasteiger partial charge on any atom is 0.327 e. The van der Waals surface area contributed by atoms with Crippen molar-refractivity contribution < 1.29 is 5.11 Å². The van der Waals surface area contributed by atoms with Gasteiger partial charge in [-0.25, -0.2) is 9.79 Å². The number of nitrogens with two attached hydrogens (primary N) is 1. The number of H-pyrrole nitrogens is 2. The van der Waals surface area contributed by atoms with E-state index in [4.69, 9.17) is 10.8 Å². The maximum absolute atomic E-state index is 10.6. The molecule has 0 aromatic carbocycles. The molecule has 0 unspecified atom stereocenters. The third-order valence-electron chi connectivity index (χ3n) is 1.31. The maximum atomic E-state index is 10.6. The van der Waals surface area contributed by atoms with Gasteiger partial charge in [0.25, 0.3) is 0 Å². The first-order valence-electron chi connectivity index (χ1n) is 3.47. The number of rotatable bonds is 2. The zero-order chi connectivity index (χ0) is 9.14. The number of aromatic nitrogens is 2. The first kappa shape index (κ1) is 8.38. The predicted molar refractivity (Wildman–Crippen MR) is 44.7 cm³/mol. The summed E-state index contributed by atoms with van der Waals surface area (Å²) in [5, 5.41) is 9.03. The highest BCUT2D eigenvalue weighted by atomic mass is 16.3. The minimum Gasteiger partial charge on any atom is -0.492 e. The van der Waals surface area contributed by atoms with E-state index in [0.29, 0.717) is 12.3 Å². The summed E-state index contributed by atoms with van der Waals surface area (Å²) in [5.41, 5.74) is 4.88. The topological polar surface area (TPSA) is 107 Å². The van der Waals surface area contributed by atoms with Gasteiger partial charge in [0.15, 0.2) is 5.82 Å². The summed E-state index contributed by atoms with van der Waals surface area (Å²) < 4.78 is 0. The Balaban J connectivity index is 3.04. The fourth-order valence-corrected chi connectivity index (χ4v) is 0.668. The molecule has 1 heterocycles. The Morgan fingerprint density at radius 2 is 2.33 bits per heavy atom. The minimum atomic E-state index is -0.504. The van der Waals surface area contributed by atoms with E-state index in [1.54, 1.807) is 0 Å². The first-order valence-corrected chi connectivity index (χ1v) is 3.47. The summed E-state index contributed by atoms with van der Waals surface area (Å²) in [6.45, 7) is 1.82. The van der Waals surface area contributed by atoms with Crippen LogP contribution >= 0.6 is 0 Å². The monoisotopic (exact) mass is 170 g/mol. The molecule has 0 bridgehead atoms. The molecule has 1 aromatic rings. The number of aromatic hydroxyl groups is 1. The van der Waals surface area contributed by atoms with Crippen molar-refractivity contribution in [2.45, 2.75) is 13.3 Å². The number of aromatic amines is 2. The molecule has 1 rings (SSSR count). The number of imidazole rings is 1. The fourth-order valence-electron chi connectivity index (χ4n) is 0.668. The van der Waals surface area contributed by atoms with E-state index in [2.05, 4.69) is 15.0 Å². The zero-order valence-electron chi connectivity index (χ0n) is 6.59. The Morgan fingerprint density at radius 1 is 1.67 bits per heavy atom. The van der Waals surface area contributed by atoms with Crippen LogP contribution in [0.3, 0.4) is 0 Å². The lowest BCUT2D eigenvalue weighted by Crippen LogP contribution is -2.08. The minimum absolute atomic E-state index is 0.0688. The summed E-state index contributed by atoms with van der Waals surface area (Å²) in [6.07, 6.45) is 0.562. The molecule has 1 aromatic heterocycles. The SMILES string of the molecule is CCC(N)=Nc1[nH]c(=O)[nH]c1O. The van der Waals surface area contributed by atoms with Crippen molar-refractivity contribution in [3.63, 3.8) is 0 Å². The second kappa shape index (κ2) is 3.12. The average Bonchev–Trinajstić information content (AvgIpc) is 2.30. The second-order valence-electron chi connectivity index (χ2n) is 2.23. The predicted octanol–water partition coefficient (Wildman–Crippen LogP) is -0.193. The van der Waals surface area contributed by atoms with Crippen molar-refractivity contribution in [2.24, 2.45) is 10.7 Å². The van der Waals surface area contributed by atoms with E-state index in [0.717, 1.165) is 0 Å². The van der Waals surface area contributed by atoms with Crippen LogP contribution < -0.4 is 11.4 Å². The Hall–Kier alpha value is -1.72. The molecule has 0 aliphatic heterocycles. The lowest BCUT2D eigenvalue weighted by molar-refractivity contribution is 0.457. The molecule has 0 aliphatic rings. The van der Waals surface area contributed by atoms with Gasteiger partial charge in [-0.1, -0.05) is 6.92 Å². The van der Waals surface area contributed by atoms with Gasteiger partial charge >= 0.3 is 5.69 Å². The van der Waals surface area contributed by atoms with Crippen molar-refractivity contribution in [3.05, 3.63) is 10.5 Å². The van der Waals surface area contributed by atoms with E-state index in [-0.39, 0.29) is 11.7 Å². The van der Waals surface area contributed by atoms with Crippen molar-refractivity contribution >= 4 is 11.7 Å². The second-order valence-corrected chi connectivity index (χ2v) is 2.23. The Morgan fingerprint density at radius 3 is 2.75 bits per heavy atom. The fraction of sp³-hybridized carbons (Fsp3) is 0.333. The van der Waals surface area contributed by atoms with Crippen molar-refractivity contribution in [1.29, 1.82) is 0 Å². The number of aliphatic imine (C=N–C) groups is 1. The molecule has 6 nitrogen and oxygen atoms in total. The molecule has 6 heteroatoms. The summed E-state index contributed by atoms with van der Waals surface area (Å²) in [6, 6.07) is 0. The summed E-state index contributed by atoms with van der Waals surface area (Å²) in [5.74, 6) is 0.122. The smallest absolute Gasteiger partial charge is 0.327 e. The number of hydrogen-bond acceptors (Lipinski definition) is 3. The first-order chi connectivity index (χ1) is 5.63. The lowest BCUT2D eigenvalue weighted by atomic mass is 10.4. The molecule has 66 valence electrons. The highest BCUT2D eigenvalue weighted by Gasteiger charge is 2.02. The van der Waals surface area contributed by atoms with E-state index < -0.39 is 5.69 Å². The average molecular weight is 170 g/mol. The Labute approximate surface area is 68.1 Å². The summed E-state index contributed by atoms with van der Waals surface area (Å²) in [4.78, 5) is 18.8. The number of nitrogens with zero attached hydrogens (tertiary/aromatic N) is 1. The molecule has 0 amide bonds. The van der Waals surface area contributed by atoms with E-state index in [9.17, 15) is 4.79 Å². The van der Waals surface area contributed by atoms with Crippen molar-refractivity contribution in [2.75, 3.05) is 0 Å². The van der Waals surface area contributed by atoms with Crippen LogP contribution in [-0.4, -0.2) is 20.9 Å². The van der Waals surface area contributed by atoms with Crippen LogP contribution in [0.25, 0.3) is 0 Å². The molecule has 0 atom stereocenters. The third-order valence-corrected chi connectivity index (χ3v) is 1.31. The van der Waals surface area contributed by atoms with Crippen LogP contribution in [0.4, 0.5) is 5.82 Å². The van der Waals surface area contributed by atoms with Gasteiger partial charge in [-0.3, -0.25) is 9.97 Å². The van der Waals surface area contributed by atoms with Crippen molar-refractivity contribution in [3.8, 4) is 5.88 Å². The lowest BCUT2D eigenvalue weighted by Gasteiger charge is -1.92. The van der Waals surface area contributed by atoms with Gasteiger partial charge in [0.1, 0.15) is 5.84 Å². The molecule has 0 saturated heterocycles. The highest BCUT2D eigenvalue weighted by Crippen LogP contribution is 2.17. The normalized spacial score (nSPS) is 11.9. The largest absolute Gasteiger partial charge is 0.492 e. The van der Waals surface area contributed by atoms with Crippen LogP contribution in [0.15, 0.2) is 9.79 Å². The van der Waals surface area contributed by atoms with Crippen LogP contribution in [0, 0.1) is 0 Å². The van der Waals surface area contributed by atoms with Crippen LogP contribution in [0.5, 0.6) is 5.88 Å². The standard InChI is InChI=1S/C6H10N4O2/c1-2-3(7)8-4-5(11)10-6(12)9-4/h11H,2H2,1H3,(H2,7,8)(H2,9,10,12). The van der Waals surface area contributed by atoms with Gasteiger partial charge in [0.05, 0.1) is 0 Å². The summed E-state index contributed by atoms with van der Waals surface area (Å²) >= 11 is 0. The highest BCUT2D eigenvalue weighted by molar-refractivity contribution is 5.82. The molecule has 0 spiro atoms. The molecule has 0 fully saturated rings. The third kappa shape index (κ3) is 1.66.